The maximum Gasteiger partial charge on any atom is 0.268 e. The first kappa shape index (κ1) is 71.0. The number of hydrogen-bond acceptors (Lipinski definition) is 6. The average molecular weight is 1040 g/mol. The molecule has 0 aliphatic rings. The summed E-state index contributed by atoms with van der Waals surface area (Å²) >= 11 is 0. The van der Waals surface area contributed by atoms with E-state index in [9.17, 15) is 19.4 Å². The van der Waals surface area contributed by atoms with Gasteiger partial charge in [0.25, 0.3) is 7.82 Å². The van der Waals surface area contributed by atoms with Crippen LogP contribution < -0.4 is 10.2 Å². The molecule has 2 N–H and O–H groups in total. The number of nitrogens with zero attached hydrogens (tertiary/aromatic N) is 1. The first-order valence-corrected chi connectivity index (χ1v) is 33.2. The Morgan fingerprint density at radius 1 is 0.472 bits per heavy atom. The molecule has 0 aliphatic heterocycles. The molecule has 0 aromatic heterocycles. The maximum atomic E-state index is 13.0. The van der Waals surface area contributed by atoms with Crippen molar-refractivity contribution in [2.75, 3.05) is 40.9 Å². The van der Waals surface area contributed by atoms with Gasteiger partial charge in [0.15, 0.2) is 0 Å². The summed E-state index contributed by atoms with van der Waals surface area (Å²) < 4.78 is 23.4. The highest BCUT2D eigenvalue weighted by Gasteiger charge is 2.23. The summed E-state index contributed by atoms with van der Waals surface area (Å²) in [6.07, 6.45) is 69.9. The van der Waals surface area contributed by atoms with Crippen molar-refractivity contribution in [3.8, 4) is 0 Å². The maximum absolute atomic E-state index is 13.0. The van der Waals surface area contributed by atoms with E-state index in [1.54, 1.807) is 6.08 Å². The van der Waals surface area contributed by atoms with Crippen molar-refractivity contribution < 1.29 is 32.9 Å². The van der Waals surface area contributed by atoms with E-state index < -0.39 is 20.0 Å². The van der Waals surface area contributed by atoms with E-state index >= 15 is 0 Å². The van der Waals surface area contributed by atoms with E-state index in [0.29, 0.717) is 17.4 Å². The second-order valence-electron chi connectivity index (χ2n) is 23.1. The van der Waals surface area contributed by atoms with Crippen LogP contribution in [0.5, 0.6) is 0 Å². The van der Waals surface area contributed by atoms with Gasteiger partial charge in [-0.05, 0) is 32.1 Å². The van der Waals surface area contributed by atoms with Crippen molar-refractivity contribution in [3.63, 3.8) is 0 Å². The summed E-state index contributed by atoms with van der Waals surface area (Å²) in [5.74, 6) is -0.199. The third kappa shape index (κ3) is 56.7. The summed E-state index contributed by atoms with van der Waals surface area (Å²) in [4.78, 5) is 25.5. The van der Waals surface area contributed by atoms with Gasteiger partial charge in [0.1, 0.15) is 13.2 Å². The standard InChI is InChI=1S/C63H125N2O6P/c1-6-8-10-12-14-16-18-20-22-24-26-28-30-31-32-33-35-37-39-41-43-45-47-49-51-53-55-57-63(67)64-61(60-71-72(68,69)70-59-58-65(3,4)5)62(66)56-54-52-50-48-46-44-42-40-38-36-34-29-27-25-23-21-19-17-15-13-11-9-7-2/h46,48,54,56,61-62,66H,6-45,47,49-53,55,57-60H2,1-5H3,(H-,64,67,68,69)/b48-46+,56-54+. The Morgan fingerprint density at radius 3 is 1.12 bits per heavy atom. The van der Waals surface area contributed by atoms with Crippen molar-refractivity contribution in [1.82, 2.24) is 5.32 Å². The molecule has 3 atom stereocenters. The summed E-state index contributed by atoms with van der Waals surface area (Å²) in [5.41, 5.74) is 0. The van der Waals surface area contributed by atoms with Crippen molar-refractivity contribution >= 4 is 13.7 Å². The third-order valence-corrected chi connectivity index (χ3v) is 15.6. The van der Waals surface area contributed by atoms with Gasteiger partial charge in [0.2, 0.25) is 5.91 Å². The molecule has 0 fully saturated rings. The summed E-state index contributed by atoms with van der Waals surface area (Å²) in [6.45, 7) is 4.69. The zero-order valence-electron chi connectivity index (χ0n) is 48.9. The van der Waals surface area contributed by atoms with Crippen LogP contribution in [0.3, 0.4) is 0 Å². The number of likely N-dealkylation sites (N-methyl/N-ethyl adjacent to an activating group) is 1. The predicted molar refractivity (Wildman–Crippen MR) is 312 cm³/mol. The number of phosphoric acid groups is 1. The number of carbonyl (C=O) groups is 1. The minimum atomic E-state index is -4.60. The van der Waals surface area contributed by atoms with E-state index in [1.807, 2.05) is 27.2 Å². The van der Waals surface area contributed by atoms with Gasteiger partial charge in [-0.3, -0.25) is 9.36 Å². The monoisotopic (exact) mass is 1040 g/mol. The molecule has 9 heteroatoms. The van der Waals surface area contributed by atoms with Crippen LogP contribution in [-0.4, -0.2) is 68.5 Å². The topological polar surface area (TPSA) is 108 Å². The van der Waals surface area contributed by atoms with Gasteiger partial charge in [0.05, 0.1) is 39.9 Å². The van der Waals surface area contributed by atoms with Crippen molar-refractivity contribution in [1.29, 1.82) is 0 Å². The highest BCUT2D eigenvalue weighted by atomic mass is 31.2. The van der Waals surface area contributed by atoms with Gasteiger partial charge in [-0.25, -0.2) is 0 Å². The van der Waals surface area contributed by atoms with Crippen LogP contribution >= 0.6 is 7.82 Å². The minimum absolute atomic E-state index is 0.00355. The van der Waals surface area contributed by atoms with E-state index in [-0.39, 0.29) is 19.1 Å². The summed E-state index contributed by atoms with van der Waals surface area (Å²) in [5, 5.41) is 13.9. The molecule has 1 amide bonds. The van der Waals surface area contributed by atoms with Crippen LogP contribution in [0.25, 0.3) is 0 Å². The van der Waals surface area contributed by atoms with E-state index in [1.165, 1.54) is 263 Å². The Hall–Kier alpha value is -1.02. The van der Waals surface area contributed by atoms with Gasteiger partial charge in [-0.1, -0.05) is 308 Å². The fourth-order valence-corrected chi connectivity index (χ4v) is 10.4. The molecule has 0 aromatic carbocycles. The lowest BCUT2D eigenvalue weighted by Crippen LogP contribution is -2.45. The van der Waals surface area contributed by atoms with Gasteiger partial charge in [-0.2, -0.15) is 0 Å². The number of quaternary nitrogens is 1. The van der Waals surface area contributed by atoms with Crippen LogP contribution in [0, 0.1) is 0 Å². The first-order chi connectivity index (χ1) is 35.0. The Morgan fingerprint density at radius 2 is 0.778 bits per heavy atom. The highest BCUT2D eigenvalue weighted by molar-refractivity contribution is 7.45. The number of unbranched alkanes of at least 4 members (excludes halogenated alkanes) is 44. The molecule has 428 valence electrons. The van der Waals surface area contributed by atoms with E-state index in [4.69, 9.17) is 9.05 Å². The molecular weight excluding hydrogens is 912 g/mol. The number of aliphatic hydroxyl groups is 1. The van der Waals surface area contributed by atoms with E-state index in [2.05, 4.69) is 31.3 Å². The van der Waals surface area contributed by atoms with Crippen LogP contribution in [0.1, 0.15) is 322 Å². The van der Waals surface area contributed by atoms with Gasteiger partial charge in [0, 0.05) is 6.42 Å². The largest absolute Gasteiger partial charge is 0.756 e. The molecule has 0 heterocycles. The average Bonchev–Trinajstić information content (AvgIpc) is 3.34. The molecule has 0 bridgehead atoms. The molecular formula is C63H125N2O6P. The number of hydrogen-bond donors (Lipinski definition) is 2. The van der Waals surface area contributed by atoms with Crippen LogP contribution in [-0.2, 0) is 18.4 Å². The number of carbonyl (C=O) groups excluding carboxylic acids is 1. The Balaban J connectivity index is 4.14. The zero-order valence-corrected chi connectivity index (χ0v) is 49.8. The fraction of sp³-hybridized carbons (Fsp3) is 0.921. The quantitative estimate of drug-likeness (QED) is 0.0272. The summed E-state index contributed by atoms with van der Waals surface area (Å²) in [7, 11) is 1.26. The first-order valence-electron chi connectivity index (χ1n) is 31.7. The molecule has 0 aromatic rings. The molecule has 8 nitrogen and oxygen atoms in total. The SMILES string of the molecule is CCCCCCCCCCCCCCCCCCC/C=C/CC/C=C/C(O)C(COP(=O)([O-])OCC[N+](C)(C)C)NC(=O)CCCCCCCCCCCCCCCCCCCCCCCCCCCCC. The summed E-state index contributed by atoms with van der Waals surface area (Å²) in [6, 6.07) is -0.901. The number of aliphatic hydroxyl groups excluding tert-OH is 1. The number of rotatable bonds is 59. The van der Waals surface area contributed by atoms with E-state index in [0.717, 1.165) is 38.5 Å². The third-order valence-electron chi connectivity index (χ3n) is 14.7. The smallest absolute Gasteiger partial charge is 0.268 e. The molecule has 0 aliphatic carbocycles. The van der Waals surface area contributed by atoms with Crippen LogP contribution in [0.15, 0.2) is 24.3 Å². The molecule has 0 rings (SSSR count). The lowest BCUT2D eigenvalue weighted by atomic mass is 10.0. The Kier molecular flexibility index (Phi) is 54.0. The number of amides is 1. The fourth-order valence-electron chi connectivity index (χ4n) is 9.70. The van der Waals surface area contributed by atoms with Gasteiger partial charge >= 0.3 is 0 Å². The van der Waals surface area contributed by atoms with Gasteiger partial charge < -0.3 is 28.8 Å². The van der Waals surface area contributed by atoms with Crippen molar-refractivity contribution in [2.24, 2.45) is 0 Å². The molecule has 0 saturated heterocycles. The lowest BCUT2D eigenvalue weighted by Gasteiger charge is -2.29. The Labute approximate surface area is 449 Å². The van der Waals surface area contributed by atoms with Crippen LogP contribution in [0.2, 0.25) is 0 Å². The van der Waals surface area contributed by atoms with Crippen molar-refractivity contribution in [2.45, 2.75) is 334 Å². The minimum Gasteiger partial charge on any atom is -0.756 e. The van der Waals surface area contributed by atoms with Crippen molar-refractivity contribution in [3.05, 3.63) is 24.3 Å². The molecule has 3 unspecified atom stereocenters. The predicted octanol–water partition coefficient (Wildman–Crippen LogP) is 18.9. The molecule has 0 spiro atoms. The molecule has 0 saturated carbocycles. The number of nitrogens with one attached hydrogen (secondary N) is 1. The number of phosphoric ester groups is 1. The second-order valence-corrected chi connectivity index (χ2v) is 24.5. The highest BCUT2D eigenvalue weighted by Crippen LogP contribution is 2.38. The zero-order chi connectivity index (χ0) is 52.7. The Bertz CT molecular complexity index is 1220. The lowest BCUT2D eigenvalue weighted by molar-refractivity contribution is -0.870. The number of allylic oxidation sites excluding steroid dienone is 3. The normalized spacial score (nSPS) is 13.9. The molecule has 72 heavy (non-hydrogen) atoms. The molecule has 0 radical (unpaired) electrons. The van der Waals surface area contributed by atoms with Gasteiger partial charge in [-0.15, -0.1) is 0 Å². The second kappa shape index (κ2) is 54.8. The van der Waals surface area contributed by atoms with Crippen LogP contribution in [0.4, 0.5) is 0 Å².